The quantitative estimate of drug-likeness (QED) is 0.756. The first-order valence-corrected chi connectivity index (χ1v) is 6.15. The van der Waals surface area contributed by atoms with Crippen molar-refractivity contribution < 1.29 is 0 Å². The second-order valence-electron chi connectivity index (χ2n) is 5.41. The van der Waals surface area contributed by atoms with Crippen LogP contribution in [0.3, 0.4) is 0 Å². The lowest BCUT2D eigenvalue weighted by Crippen LogP contribution is -2.49. The van der Waals surface area contributed by atoms with Gasteiger partial charge in [-0.15, -0.1) is 0 Å². The maximum atomic E-state index is 6.10. The minimum absolute atomic E-state index is 0.308. The molecule has 3 nitrogen and oxygen atoms in total. The van der Waals surface area contributed by atoms with Gasteiger partial charge in [0.1, 0.15) is 0 Å². The van der Waals surface area contributed by atoms with E-state index < -0.39 is 0 Å². The van der Waals surface area contributed by atoms with Crippen molar-refractivity contribution >= 4 is 0 Å². The highest BCUT2D eigenvalue weighted by molar-refractivity contribution is 4.80. The van der Waals surface area contributed by atoms with Crippen LogP contribution in [0.15, 0.2) is 0 Å². The van der Waals surface area contributed by atoms with Crippen LogP contribution in [-0.2, 0) is 0 Å². The molecule has 0 radical (unpaired) electrons. The average Bonchev–Trinajstić information content (AvgIpc) is 2.17. The molecule has 0 amide bonds. The predicted octanol–water partition coefficient (Wildman–Crippen LogP) is 0.996. The van der Waals surface area contributed by atoms with Crippen LogP contribution in [-0.4, -0.2) is 55.6 Å². The van der Waals surface area contributed by atoms with Gasteiger partial charge in [-0.2, -0.15) is 0 Å². The summed E-state index contributed by atoms with van der Waals surface area (Å²) in [4.78, 5) is 4.87. The molecule has 0 saturated carbocycles. The Morgan fingerprint density at radius 1 is 1.47 bits per heavy atom. The summed E-state index contributed by atoms with van der Waals surface area (Å²) in [5.74, 6) is 0.578. The summed E-state index contributed by atoms with van der Waals surface area (Å²) in [6.07, 6.45) is 2.65. The van der Waals surface area contributed by atoms with Crippen LogP contribution in [0, 0.1) is 5.92 Å². The fourth-order valence-corrected chi connectivity index (χ4v) is 2.19. The van der Waals surface area contributed by atoms with E-state index in [2.05, 4.69) is 37.7 Å². The van der Waals surface area contributed by atoms with E-state index in [0.29, 0.717) is 18.0 Å². The fourth-order valence-electron chi connectivity index (χ4n) is 2.19. The number of hydrogen-bond acceptors (Lipinski definition) is 3. The summed E-state index contributed by atoms with van der Waals surface area (Å²) in [7, 11) is 4.43. The predicted molar refractivity (Wildman–Crippen MR) is 66.0 cm³/mol. The monoisotopic (exact) mass is 213 g/mol. The highest BCUT2D eigenvalue weighted by Gasteiger charge is 2.22. The van der Waals surface area contributed by atoms with Gasteiger partial charge in [-0.1, -0.05) is 13.8 Å². The molecule has 2 atom stereocenters. The molecule has 15 heavy (non-hydrogen) atoms. The Balaban J connectivity index is 2.35. The molecule has 1 saturated heterocycles. The Hall–Kier alpha value is -0.120. The Morgan fingerprint density at radius 3 is 2.67 bits per heavy atom. The van der Waals surface area contributed by atoms with Crippen LogP contribution >= 0.6 is 0 Å². The third-order valence-electron chi connectivity index (χ3n) is 3.58. The maximum Gasteiger partial charge on any atom is 0.0221 e. The number of rotatable bonds is 4. The number of piperidine rings is 1. The van der Waals surface area contributed by atoms with Crippen LogP contribution in [0.1, 0.15) is 26.7 Å². The molecular weight excluding hydrogens is 186 g/mol. The Kier molecular flexibility index (Phi) is 5.03. The zero-order valence-corrected chi connectivity index (χ0v) is 10.7. The van der Waals surface area contributed by atoms with Crippen molar-refractivity contribution in [2.45, 2.75) is 38.8 Å². The van der Waals surface area contributed by atoms with Gasteiger partial charge in [0.2, 0.25) is 0 Å². The second kappa shape index (κ2) is 5.83. The summed E-state index contributed by atoms with van der Waals surface area (Å²) in [6.45, 7) is 7.87. The third kappa shape index (κ3) is 4.09. The summed E-state index contributed by atoms with van der Waals surface area (Å²) >= 11 is 0. The van der Waals surface area contributed by atoms with Crippen LogP contribution in [0.4, 0.5) is 0 Å². The van der Waals surface area contributed by atoms with Crippen molar-refractivity contribution in [3.05, 3.63) is 0 Å². The van der Waals surface area contributed by atoms with Crippen molar-refractivity contribution in [2.24, 2.45) is 11.7 Å². The zero-order valence-electron chi connectivity index (χ0n) is 10.7. The van der Waals surface area contributed by atoms with Gasteiger partial charge in [-0.3, -0.25) is 0 Å². The normalized spacial score (nSPS) is 26.2. The molecule has 0 aromatic heterocycles. The minimum Gasteiger partial charge on any atom is -0.326 e. The summed E-state index contributed by atoms with van der Waals surface area (Å²) in [6, 6.07) is 1.01. The molecule has 0 aromatic rings. The SMILES string of the molecule is CC(C)C(N)CN(C)C1CCCN(C)C1. The molecule has 3 heteroatoms. The molecule has 1 aliphatic heterocycles. The van der Waals surface area contributed by atoms with Gasteiger partial charge in [0.05, 0.1) is 0 Å². The van der Waals surface area contributed by atoms with Gasteiger partial charge in [-0.25, -0.2) is 0 Å². The first kappa shape index (κ1) is 12.9. The smallest absolute Gasteiger partial charge is 0.0221 e. The van der Waals surface area contributed by atoms with E-state index in [1.165, 1.54) is 25.9 Å². The van der Waals surface area contributed by atoms with Crippen LogP contribution in [0.5, 0.6) is 0 Å². The lowest BCUT2D eigenvalue weighted by atomic mass is 10.0. The van der Waals surface area contributed by atoms with Gasteiger partial charge >= 0.3 is 0 Å². The summed E-state index contributed by atoms with van der Waals surface area (Å²) < 4.78 is 0. The molecule has 1 heterocycles. The topological polar surface area (TPSA) is 32.5 Å². The molecule has 2 N–H and O–H groups in total. The number of nitrogens with two attached hydrogens (primary N) is 1. The van der Waals surface area contributed by atoms with E-state index in [9.17, 15) is 0 Å². The Morgan fingerprint density at radius 2 is 2.13 bits per heavy atom. The molecule has 0 aliphatic carbocycles. The number of likely N-dealkylation sites (tertiary alicyclic amines) is 1. The summed E-state index contributed by atoms with van der Waals surface area (Å²) in [5, 5.41) is 0. The third-order valence-corrected chi connectivity index (χ3v) is 3.58. The molecule has 90 valence electrons. The molecule has 1 fully saturated rings. The Labute approximate surface area is 94.6 Å². The van der Waals surface area contributed by atoms with Crippen molar-refractivity contribution in [3.63, 3.8) is 0 Å². The van der Waals surface area contributed by atoms with Crippen molar-refractivity contribution in [1.82, 2.24) is 9.80 Å². The fraction of sp³-hybridized carbons (Fsp3) is 1.00. The van der Waals surface area contributed by atoms with Gasteiger partial charge < -0.3 is 15.5 Å². The Bertz CT molecular complexity index is 182. The van der Waals surface area contributed by atoms with E-state index >= 15 is 0 Å². The molecule has 1 aliphatic rings. The number of likely N-dealkylation sites (N-methyl/N-ethyl adjacent to an activating group) is 2. The van der Waals surface area contributed by atoms with Crippen LogP contribution in [0.25, 0.3) is 0 Å². The van der Waals surface area contributed by atoms with Crippen molar-refractivity contribution in [1.29, 1.82) is 0 Å². The van der Waals surface area contributed by atoms with E-state index in [-0.39, 0.29) is 0 Å². The molecule has 0 aromatic carbocycles. The first-order chi connectivity index (χ1) is 7.00. The first-order valence-electron chi connectivity index (χ1n) is 6.15. The minimum atomic E-state index is 0.308. The van der Waals surface area contributed by atoms with E-state index in [4.69, 9.17) is 5.73 Å². The molecule has 2 unspecified atom stereocenters. The summed E-state index contributed by atoms with van der Waals surface area (Å²) in [5.41, 5.74) is 6.10. The van der Waals surface area contributed by atoms with E-state index in [0.717, 1.165) is 6.54 Å². The van der Waals surface area contributed by atoms with Gasteiger partial charge in [0.25, 0.3) is 0 Å². The van der Waals surface area contributed by atoms with Crippen molar-refractivity contribution in [2.75, 3.05) is 33.7 Å². The molecular formula is C12H27N3. The van der Waals surface area contributed by atoms with Gasteiger partial charge in [-0.05, 0) is 39.4 Å². The highest BCUT2D eigenvalue weighted by atomic mass is 15.2. The van der Waals surface area contributed by atoms with Gasteiger partial charge in [0.15, 0.2) is 0 Å². The van der Waals surface area contributed by atoms with E-state index in [1.54, 1.807) is 0 Å². The maximum absolute atomic E-state index is 6.10. The molecule has 0 bridgehead atoms. The highest BCUT2D eigenvalue weighted by Crippen LogP contribution is 2.14. The van der Waals surface area contributed by atoms with Crippen LogP contribution < -0.4 is 5.73 Å². The molecule has 1 rings (SSSR count). The van der Waals surface area contributed by atoms with E-state index in [1.807, 2.05) is 0 Å². The number of hydrogen-bond donors (Lipinski definition) is 1. The zero-order chi connectivity index (χ0) is 11.4. The standard InChI is InChI=1S/C12H27N3/c1-10(2)12(13)9-15(4)11-6-5-7-14(3)8-11/h10-12H,5-9,13H2,1-4H3. The van der Waals surface area contributed by atoms with Crippen LogP contribution in [0.2, 0.25) is 0 Å². The van der Waals surface area contributed by atoms with Crippen molar-refractivity contribution in [3.8, 4) is 0 Å². The largest absolute Gasteiger partial charge is 0.326 e. The number of nitrogens with zero attached hydrogens (tertiary/aromatic N) is 2. The van der Waals surface area contributed by atoms with Gasteiger partial charge in [0, 0.05) is 25.2 Å². The average molecular weight is 213 g/mol. The second-order valence-corrected chi connectivity index (χ2v) is 5.41. The lowest BCUT2D eigenvalue weighted by Gasteiger charge is -2.37. The molecule has 0 spiro atoms. The lowest BCUT2D eigenvalue weighted by molar-refractivity contribution is 0.124.